The Labute approximate surface area is 370 Å². The average Bonchev–Trinajstić information content (AvgIpc) is 3.90. The summed E-state index contributed by atoms with van der Waals surface area (Å²) < 4.78 is 96.0. The highest BCUT2D eigenvalue weighted by Gasteiger charge is 2.32. The van der Waals surface area contributed by atoms with E-state index < -0.39 is 23.5 Å². The number of nitriles is 2. The number of nitrogens with zero attached hydrogens (tertiary/aromatic N) is 4. The van der Waals surface area contributed by atoms with E-state index >= 15 is 0 Å². The van der Waals surface area contributed by atoms with E-state index in [0.29, 0.717) is 67.6 Å². The van der Waals surface area contributed by atoms with Crippen LogP contribution in [0.3, 0.4) is 0 Å². The van der Waals surface area contributed by atoms with Gasteiger partial charge in [0.15, 0.2) is 0 Å². The molecule has 0 unspecified atom stereocenters. The number of rotatable bonds is 6. The molecule has 0 fully saturated rings. The molecule has 0 spiro atoms. The van der Waals surface area contributed by atoms with Crippen LogP contribution in [-0.2, 0) is 12.4 Å². The number of furan rings is 2. The average molecular weight is 879 g/mol. The molecule has 0 N–H and O–H groups in total. The van der Waals surface area contributed by atoms with E-state index in [4.69, 9.17) is 8.83 Å². The molecule has 0 aliphatic rings. The van der Waals surface area contributed by atoms with Gasteiger partial charge < -0.3 is 18.6 Å². The molecule has 0 saturated heterocycles. The van der Waals surface area contributed by atoms with Gasteiger partial charge in [-0.15, -0.1) is 0 Å². The van der Waals surface area contributed by atoms with Gasteiger partial charge in [-0.25, -0.2) is 0 Å². The molecule has 2 aromatic heterocycles. The third kappa shape index (κ3) is 6.50. The molecule has 0 amide bonds. The highest BCUT2D eigenvalue weighted by Crippen LogP contribution is 2.50. The monoisotopic (exact) mass is 878 g/mol. The van der Waals surface area contributed by atoms with Crippen molar-refractivity contribution >= 4 is 99.5 Å². The van der Waals surface area contributed by atoms with Crippen molar-refractivity contribution in [3.63, 3.8) is 0 Å². The largest absolute Gasteiger partial charge is 0.456 e. The zero-order valence-electron chi connectivity index (χ0n) is 34.0. The smallest absolute Gasteiger partial charge is 0.416 e. The molecule has 0 bridgehead atoms. The first kappa shape index (κ1) is 40.1. The molecule has 2 heterocycles. The van der Waals surface area contributed by atoms with E-state index in [9.17, 15) is 36.9 Å². The predicted molar refractivity (Wildman–Crippen MR) is 245 cm³/mol. The molecule has 9 aromatic carbocycles. The second-order valence-corrected chi connectivity index (χ2v) is 15.7. The summed E-state index contributed by atoms with van der Waals surface area (Å²) in [5, 5.41) is 25.4. The number of hydrogen-bond donors (Lipinski definition) is 0. The fraction of sp³-hybridized carbons (Fsp3) is 0.0370. The molecule has 6 nitrogen and oxygen atoms in total. The molecule has 0 aliphatic carbocycles. The first-order chi connectivity index (χ1) is 31.9. The van der Waals surface area contributed by atoms with Crippen molar-refractivity contribution in [1.29, 1.82) is 10.5 Å². The van der Waals surface area contributed by atoms with Crippen LogP contribution in [-0.4, -0.2) is 0 Å². The van der Waals surface area contributed by atoms with Crippen LogP contribution in [0, 0.1) is 22.7 Å². The summed E-state index contributed by atoms with van der Waals surface area (Å²) in [6, 6.07) is 50.5. The summed E-state index contributed by atoms with van der Waals surface area (Å²) in [5.41, 5.74) is 4.71. The normalized spacial score (nSPS) is 12.1. The topological polar surface area (TPSA) is 80.3 Å². The molecule has 12 heteroatoms. The van der Waals surface area contributed by atoms with E-state index in [1.165, 1.54) is 24.3 Å². The molecule has 11 rings (SSSR count). The molecule has 11 aromatic rings. The van der Waals surface area contributed by atoms with Crippen LogP contribution in [0.5, 0.6) is 0 Å². The van der Waals surface area contributed by atoms with E-state index in [1.54, 1.807) is 48.5 Å². The Bertz CT molecular complexity index is 3550. The number of alkyl halides is 6. The zero-order chi connectivity index (χ0) is 45.5. The van der Waals surface area contributed by atoms with Gasteiger partial charge in [0, 0.05) is 67.2 Å². The summed E-state index contributed by atoms with van der Waals surface area (Å²) in [6.07, 6.45) is -9.08. The third-order valence-corrected chi connectivity index (χ3v) is 11.9. The Kier molecular flexibility index (Phi) is 9.06. The second kappa shape index (κ2) is 14.9. The van der Waals surface area contributed by atoms with Crippen molar-refractivity contribution in [2.45, 2.75) is 12.4 Å². The Morgan fingerprint density at radius 3 is 1.00 bits per heavy atom. The van der Waals surface area contributed by atoms with E-state index in [0.717, 1.165) is 67.4 Å². The molecule has 0 atom stereocenters. The number of halogens is 6. The van der Waals surface area contributed by atoms with Crippen molar-refractivity contribution in [2.24, 2.45) is 0 Å². The minimum atomic E-state index is -4.54. The van der Waals surface area contributed by atoms with Crippen molar-refractivity contribution in [1.82, 2.24) is 0 Å². The number of hydrogen-bond acceptors (Lipinski definition) is 6. The van der Waals surface area contributed by atoms with Gasteiger partial charge in [0.05, 0.1) is 45.8 Å². The Morgan fingerprint density at radius 1 is 0.364 bits per heavy atom. The Morgan fingerprint density at radius 2 is 0.682 bits per heavy atom. The molecular weight excluding hydrogens is 851 g/mol. The number of fused-ring (bicyclic) bond motifs is 11. The summed E-state index contributed by atoms with van der Waals surface area (Å²) >= 11 is 0. The lowest BCUT2D eigenvalue weighted by molar-refractivity contribution is -0.138. The van der Waals surface area contributed by atoms with Crippen LogP contribution in [0.4, 0.5) is 60.5 Å². The van der Waals surface area contributed by atoms with Crippen LogP contribution in [0.15, 0.2) is 179 Å². The lowest BCUT2D eigenvalue weighted by Gasteiger charge is -2.27. The predicted octanol–water partition coefficient (Wildman–Crippen LogP) is 16.5. The van der Waals surface area contributed by atoms with Crippen LogP contribution in [0.25, 0.3) is 65.4 Å². The Hall–Kier alpha value is -8.74. The highest BCUT2D eigenvalue weighted by atomic mass is 19.4. The van der Waals surface area contributed by atoms with Crippen molar-refractivity contribution < 1.29 is 35.2 Å². The maximum atomic E-state index is 13.8. The number of benzene rings is 9. The summed E-state index contributed by atoms with van der Waals surface area (Å²) in [5.74, 6) is 0. The van der Waals surface area contributed by atoms with Gasteiger partial charge in [-0.3, -0.25) is 0 Å². The van der Waals surface area contributed by atoms with Crippen molar-refractivity contribution in [3.8, 4) is 12.1 Å². The lowest BCUT2D eigenvalue weighted by atomic mass is 9.96. The third-order valence-electron chi connectivity index (χ3n) is 11.9. The van der Waals surface area contributed by atoms with Gasteiger partial charge in [-0.05, 0) is 120 Å². The SMILES string of the molecule is N#Cc1ccc(N(c2ccc(C(F)(F)F)cc2)c2cc3oc4ccc5oc6cc(N(c7ccc(C#N)cc7)c7ccc(C(F)(F)F)cc7)c7ccccc7c6c5c4c3c3ccccc23)cc1. The molecule has 0 aliphatic heterocycles. The molecule has 0 saturated carbocycles. The highest BCUT2D eigenvalue weighted by molar-refractivity contribution is 6.35. The Balaban J connectivity index is 1.17. The van der Waals surface area contributed by atoms with Gasteiger partial charge in [0.25, 0.3) is 0 Å². The fourth-order valence-corrected chi connectivity index (χ4v) is 9.00. The van der Waals surface area contributed by atoms with Gasteiger partial charge >= 0.3 is 12.4 Å². The van der Waals surface area contributed by atoms with E-state index in [1.807, 2.05) is 82.6 Å². The molecule has 318 valence electrons. The van der Waals surface area contributed by atoms with Gasteiger partial charge in [-0.1, -0.05) is 48.5 Å². The summed E-state index contributed by atoms with van der Waals surface area (Å²) in [4.78, 5) is 3.68. The summed E-state index contributed by atoms with van der Waals surface area (Å²) in [7, 11) is 0. The minimum Gasteiger partial charge on any atom is -0.456 e. The first-order valence-electron chi connectivity index (χ1n) is 20.5. The van der Waals surface area contributed by atoms with E-state index in [-0.39, 0.29) is 0 Å². The maximum absolute atomic E-state index is 13.8. The minimum absolute atomic E-state index is 0.418. The van der Waals surface area contributed by atoms with Gasteiger partial charge in [-0.2, -0.15) is 36.9 Å². The van der Waals surface area contributed by atoms with Crippen LogP contribution < -0.4 is 9.80 Å². The zero-order valence-corrected chi connectivity index (χ0v) is 34.0. The van der Waals surface area contributed by atoms with Crippen molar-refractivity contribution in [3.05, 3.63) is 192 Å². The van der Waals surface area contributed by atoms with Crippen LogP contribution in [0.2, 0.25) is 0 Å². The van der Waals surface area contributed by atoms with Gasteiger partial charge in [0.2, 0.25) is 0 Å². The molecule has 0 radical (unpaired) electrons. The van der Waals surface area contributed by atoms with Crippen LogP contribution >= 0.6 is 0 Å². The first-order valence-corrected chi connectivity index (χ1v) is 20.5. The fourth-order valence-electron chi connectivity index (χ4n) is 9.00. The van der Waals surface area contributed by atoms with E-state index in [2.05, 4.69) is 12.1 Å². The van der Waals surface area contributed by atoms with Crippen molar-refractivity contribution in [2.75, 3.05) is 9.80 Å². The lowest BCUT2D eigenvalue weighted by Crippen LogP contribution is -2.12. The standard InChI is InChI=1S/C54H28F6N4O2/c55-53(56,57)33-13-21-37(22-14-33)63(35-17-9-31(29-61)10-18-35)43-27-47-49(41-7-3-1-5-39(41)43)51-45(65-47)25-26-46-52(51)50-42-8-4-2-6-40(42)44(28-48(50)66-46)64(36-19-11-32(30-62)12-20-36)38-23-15-34(16-24-38)54(58,59)60/h1-28H. The molecule has 66 heavy (non-hydrogen) atoms. The van der Waals surface area contributed by atoms with Gasteiger partial charge in [0.1, 0.15) is 22.3 Å². The summed E-state index contributed by atoms with van der Waals surface area (Å²) in [6.45, 7) is 0. The van der Waals surface area contributed by atoms with Crippen LogP contribution in [0.1, 0.15) is 22.3 Å². The number of anilines is 6. The maximum Gasteiger partial charge on any atom is 0.416 e. The second-order valence-electron chi connectivity index (χ2n) is 15.7. The quantitative estimate of drug-likeness (QED) is 0.155. The molecular formula is C54H28F6N4O2.